The van der Waals surface area contributed by atoms with Crippen LogP contribution in [-0.4, -0.2) is 79.4 Å². The maximum atomic E-state index is 14.5. The second-order valence-electron chi connectivity index (χ2n) is 11.3. The van der Waals surface area contributed by atoms with E-state index in [0.29, 0.717) is 24.0 Å². The first-order chi connectivity index (χ1) is 17.8. The number of methoxy groups -OCH3 is 1. The molecule has 0 spiro atoms. The zero-order chi connectivity index (χ0) is 28.3. The van der Waals surface area contributed by atoms with Crippen LogP contribution in [0.15, 0.2) is 47.1 Å². The Morgan fingerprint density at radius 3 is 2.39 bits per heavy atom. The molecular formula is C29H39N3O6. The second-order valence-corrected chi connectivity index (χ2v) is 11.3. The zero-order valence-corrected chi connectivity index (χ0v) is 23.1. The van der Waals surface area contributed by atoms with Gasteiger partial charge in [-0.15, -0.1) is 0 Å². The van der Waals surface area contributed by atoms with Crippen LogP contribution in [0.2, 0.25) is 0 Å². The third-order valence-electron chi connectivity index (χ3n) is 8.58. The largest absolute Gasteiger partial charge is 0.516 e. The first-order valence-corrected chi connectivity index (χ1v) is 12.9. The maximum Gasteiger partial charge on any atom is 0.250 e. The summed E-state index contributed by atoms with van der Waals surface area (Å²) < 4.78 is 5.96. The molecule has 1 amide bonds. The molecule has 206 valence electrons. The monoisotopic (exact) mass is 525 g/mol. The van der Waals surface area contributed by atoms with Gasteiger partial charge in [-0.2, -0.15) is 0 Å². The van der Waals surface area contributed by atoms with Crippen LogP contribution >= 0.6 is 0 Å². The predicted octanol–water partition coefficient (Wildman–Crippen LogP) is 2.81. The highest BCUT2D eigenvalue weighted by molar-refractivity contribution is 6.13. The fourth-order valence-electron chi connectivity index (χ4n) is 7.10. The number of hydrogen-bond donors (Lipinski definition) is 4. The van der Waals surface area contributed by atoms with Gasteiger partial charge in [-0.1, -0.05) is 19.9 Å². The van der Waals surface area contributed by atoms with Gasteiger partial charge in [0.05, 0.1) is 30.4 Å². The number of fused-ring (bicyclic) bond motifs is 3. The zero-order valence-electron chi connectivity index (χ0n) is 23.1. The molecule has 0 aromatic heterocycles. The molecule has 0 fully saturated rings. The van der Waals surface area contributed by atoms with Gasteiger partial charge < -0.3 is 30.7 Å². The third-order valence-corrected chi connectivity index (χ3v) is 8.58. The van der Waals surface area contributed by atoms with E-state index in [1.54, 1.807) is 19.0 Å². The van der Waals surface area contributed by atoms with Gasteiger partial charge in [0.15, 0.2) is 5.78 Å². The fourth-order valence-corrected chi connectivity index (χ4v) is 7.10. The Morgan fingerprint density at radius 1 is 1.24 bits per heavy atom. The average molecular weight is 526 g/mol. The highest BCUT2D eigenvalue weighted by Gasteiger charge is 2.63. The molecule has 9 heteroatoms. The topological polar surface area (TPSA) is 137 Å². The third kappa shape index (κ3) is 3.74. The van der Waals surface area contributed by atoms with Crippen molar-refractivity contribution in [2.75, 3.05) is 40.2 Å². The smallest absolute Gasteiger partial charge is 0.250 e. The molecule has 0 heterocycles. The van der Waals surface area contributed by atoms with E-state index in [-0.39, 0.29) is 34.7 Å². The number of likely N-dealkylation sites (N-methyl/N-ethyl adjacent to an activating group) is 1. The van der Waals surface area contributed by atoms with Gasteiger partial charge in [0.25, 0.3) is 5.91 Å². The maximum absolute atomic E-state index is 14.5. The molecule has 3 aliphatic carbocycles. The SMILES string of the molecule is COC1=C2C(=O)c3c(C(C)C)ccc(N(C)C)c3CC2CC2C(N(C)C)C(O)=C(C(N)=O)C(O)C12C=CO. The number of amides is 1. The minimum Gasteiger partial charge on any atom is -0.516 e. The Kier molecular flexibility index (Phi) is 7.14. The molecule has 0 aliphatic heterocycles. The Hall–Kier alpha value is -3.30. The van der Waals surface area contributed by atoms with E-state index in [2.05, 4.69) is 6.07 Å². The standard InChI is InChI=1S/C29H39N3O6/c1-14(2)16-8-9-19(31(3)4)17-12-15-13-18-23(32(5)6)25(35)22(28(30)37)26(36)29(18,10-11-33)27(38-7)20(15)24(34)21(16)17/h8-11,14-15,18,23,26,33,35-36H,12-13H2,1-7H3,(H2,30,37). The van der Waals surface area contributed by atoms with Gasteiger partial charge in [-0.25, -0.2) is 0 Å². The van der Waals surface area contributed by atoms with Crippen LogP contribution in [0, 0.1) is 17.3 Å². The summed E-state index contributed by atoms with van der Waals surface area (Å²) in [5, 5.41) is 33.0. The van der Waals surface area contributed by atoms with Crippen LogP contribution in [0.5, 0.6) is 0 Å². The number of nitrogens with two attached hydrogens (primary N) is 1. The number of primary amides is 1. The van der Waals surface area contributed by atoms with Crippen molar-refractivity contribution in [3.63, 3.8) is 0 Å². The summed E-state index contributed by atoms with van der Waals surface area (Å²) in [6.45, 7) is 4.09. The number of carbonyl (C=O) groups is 2. The van der Waals surface area contributed by atoms with E-state index in [1.165, 1.54) is 13.2 Å². The number of rotatable bonds is 6. The minimum absolute atomic E-state index is 0.0921. The van der Waals surface area contributed by atoms with Gasteiger partial charge in [-0.3, -0.25) is 14.5 Å². The molecule has 0 saturated heterocycles. The molecule has 4 rings (SSSR count). The number of anilines is 1. The van der Waals surface area contributed by atoms with E-state index < -0.39 is 29.4 Å². The number of hydrogen-bond acceptors (Lipinski definition) is 8. The van der Waals surface area contributed by atoms with E-state index in [1.807, 2.05) is 38.9 Å². The summed E-state index contributed by atoms with van der Waals surface area (Å²) in [7, 11) is 8.85. The van der Waals surface area contributed by atoms with E-state index in [0.717, 1.165) is 23.1 Å². The number of nitrogens with zero attached hydrogens (tertiary/aromatic N) is 2. The number of carbonyl (C=O) groups excluding carboxylic acids is 2. The number of ether oxygens (including phenoxy) is 1. The van der Waals surface area contributed by atoms with Crippen LogP contribution in [0.3, 0.4) is 0 Å². The molecule has 0 bridgehead atoms. The number of aliphatic hydroxyl groups is 3. The van der Waals surface area contributed by atoms with Crippen molar-refractivity contribution in [1.29, 1.82) is 0 Å². The van der Waals surface area contributed by atoms with E-state index in [4.69, 9.17) is 10.5 Å². The summed E-state index contributed by atoms with van der Waals surface area (Å²) in [4.78, 5) is 30.7. The lowest BCUT2D eigenvalue weighted by Gasteiger charge is -2.55. The van der Waals surface area contributed by atoms with Gasteiger partial charge >= 0.3 is 0 Å². The van der Waals surface area contributed by atoms with Crippen LogP contribution in [-0.2, 0) is 16.0 Å². The second kappa shape index (κ2) is 9.78. The Balaban J connectivity index is 2.09. The Labute approximate surface area is 223 Å². The molecule has 9 nitrogen and oxygen atoms in total. The first-order valence-electron chi connectivity index (χ1n) is 12.9. The number of ketones is 1. The van der Waals surface area contributed by atoms with Crippen molar-refractivity contribution in [3.05, 3.63) is 63.8 Å². The summed E-state index contributed by atoms with van der Waals surface area (Å²) in [5.41, 5.74) is 7.71. The van der Waals surface area contributed by atoms with Gasteiger partial charge in [0.2, 0.25) is 0 Å². The molecular weight excluding hydrogens is 486 g/mol. The molecule has 5 atom stereocenters. The first kappa shape index (κ1) is 27.7. The number of aliphatic hydroxyl groups excluding tert-OH is 3. The highest BCUT2D eigenvalue weighted by atomic mass is 16.5. The van der Waals surface area contributed by atoms with Gasteiger partial charge in [0.1, 0.15) is 17.6 Å². The lowest BCUT2D eigenvalue weighted by Crippen LogP contribution is -2.60. The van der Waals surface area contributed by atoms with Crippen LogP contribution in [0.1, 0.15) is 47.7 Å². The van der Waals surface area contributed by atoms with Crippen molar-refractivity contribution in [3.8, 4) is 0 Å². The summed E-state index contributed by atoms with van der Waals surface area (Å²) in [5.74, 6) is -2.00. The van der Waals surface area contributed by atoms with Crippen molar-refractivity contribution in [2.45, 2.75) is 44.8 Å². The molecule has 5 N–H and O–H groups in total. The molecule has 5 unspecified atom stereocenters. The highest BCUT2D eigenvalue weighted by Crippen LogP contribution is 2.59. The molecule has 38 heavy (non-hydrogen) atoms. The number of allylic oxidation sites excluding steroid dienone is 1. The quantitative estimate of drug-likeness (QED) is 0.416. The minimum atomic E-state index is -1.64. The number of benzene rings is 1. The van der Waals surface area contributed by atoms with E-state index >= 15 is 0 Å². The molecule has 0 radical (unpaired) electrons. The van der Waals surface area contributed by atoms with E-state index in [9.17, 15) is 24.9 Å². The summed E-state index contributed by atoms with van der Waals surface area (Å²) in [6.07, 6.45) is 1.50. The normalized spacial score (nSPS) is 29.1. The number of Topliss-reactive ketones (excluding diaryl/α,β-unsaturated/α-hetero) is 1. The molecule has 0 saturated carbocycles. The summed E-state index contributed by atoms with van der Waals surface area (Å²) in [6, 6.07) is 3.31. The molecule has 1 aromatic rings. The Bertz CT molecular complexity index is 1260. The average Bonchev–Trinajstić information content (AvgIpc) is 2.82. The van der Waals surface area contributed by atoms with Crippen molar-refractivity contribution in [2.24, 2.45) is 23.0 Å². The lowest BCUT2D eigenvalue weighted by atomic mass is 9.52. The predicted molar refractivity (Wildman–Crippen MR) is 145 cm³/mol. The van der Waals surface area contributed by atoms with Crippen molar-refractivity contribution in [1.82, 2.24) is 4.90 Å². The molecule has 3 aliphatic rings. The van der Waals surface area contributed by atoms with Gasteiger partial charge in [0, 0.05) is 36.8 Å². The van der Waals surface area contributed by atoms with Crippen LogP contribution in [0.4, 0.5) is 5.69 Å². The van der Waals surface area contributed by atoms with Crippen LogP contribution < -0.4 is 10.6 Å². The Morgan fingerprint density at radius 2 is 1.89 bits per heavy atom. The molecule has 1 aromatic carbocycles. The van der Waals surface area contributed by atoms with Gasteiger partial charge in [-0.05, 0) is 62.0 Å². The van der Waals surface area contributed by atoms with Crippen LogP contribution in [0.25, 0.3) is 0 Å². The fraction of sp³-hybridized carbons (Fsp3) is 0.517. The van der Waals surface area contributed by atoms with Crippen molar-refractivity contribution < 1.29 is 29.6 Å². The van der Waals surface area contributed by atoms with Crippen molar-refractivity contribution >= 4 is 17.4 Å². The lowest BCUT2D eigenvalue weighted by molar-refractivity contribution is -0.118. The summed E-state index contributed by atoms with van der Waals surface area (Å²) >= 11 is 0.